The van der Waals surface area contributed by atoms with Gasteiger partial charge in [0.25, 0.3) is 0 Å². The first-order valence-corrected chi connectivity index (χ1v) is 15.5. The summed E-state index contributed by atoms with van der Waals surface area (Å²) >= 11 is 5.87. The van der Waals surface area contributed by atoms with Gasteiger partial charge < -0.3 is 9.80 Å². The number of nitrogens with zero attached hydrogens (tertiary/aromatic N) is 6. The molecular weight excluding hydrogens is 504 g/mol. The van der Waals surface area contributed by atoms with Crippen molar-refractivity contribution in [1.29, 1.82) is 0 Å². The molecule has 0 amide bonds. The quantitative estimate of drug-likeness (QED) is 0.394. The zero-order chi connectivity index (χ0) is 26.5. The van der Waals surface area contributed by atoms with Crippen LogP contribution in [0.1, 0.15) is 56.9 Å². The van der Waals surface area contributed by atoms with Gasteiger partial charge in [-0.1, -0.05) is 17.5 Å². The van der Waals surface area contributed by atoms with Gasteiger partial charge in [0.2, 0.25) is 0 Å². The molecule has 0 N–H and O–H groups in total. The van der Waals surface area contributed by atoms with Crippen molar-refractivity contribution in [2.75, 3.05) is 62.2 Å². The summed E-state index contributed by atoms with van der Waals surface area (Å²) in [5, 5.41) is 0.582. The highest BCUT2D eigenvalue weighted by atomic mass is 35.5. The van der Waals surface area contributed by atoms with Gasteiger partial charge in [-0.3, -0.25) is 14.8 Å². The summed E-state index contributed by atoms with van der Waals surface area (Å²) in [6.07, 6.45) is 22.2. The third-order valence-corrected chi connectivity index (χ3v) is 11.1. The van der Waals surface area contributed by atoms with E-state index < -0.39 is 0 Å². The molecule has 2 spiro atoms. The molecule has 6 nitrogen and oxygen atoms in total. The van der Waals surface area contributed by atoms with E-state index in [4.69, 9.17) is 18.0 Å². The van der Waals surface area contributed by atoms with Crippen LogP contribution in [0.5, 0.6) is 0 Å². The highest BCUT2D eigenvalue weighted by molar-refractivity contribution is 6.29. The predicted molar refractivity (Wildman–Crippen MR) is 158 cm³/mol. The highest BCUT2D eigenvalue weighted by Crippen LogP contribution is 2.46. The Hall–Kier alpha value is -2.33. The Labute approximate surface area is 238 Å². The van der Waals surface area contributed by atoms with Crippen LogP contribution in [0.3, 0.4) is 0 Å². The van der Waals surface area contributed by atoms with Crippen LogP contribution < -0.4 is 9.80 Å². The van der Waals surface area contributed by atoms with Gasteiger partial charge in [0.05, 0.1) is 23.8 Å². The van der Waals surface area contributed by atoms with Gasteiger partial charge in [-0.25, -0.2) is 4.98 Å². The summed E-state index contributed by atoms with van der Waals surface area (Å²) in [5.74, 6) is 4.64. The fraction of sp³-hybridized carbons (Fsp3) is 0.625. The fourth-order valence-corrected chi connectivity index (χ4v) is 8.91. The normalized spacial score (nSPS) is 36.3. The second-order valence-electron chi connectivity index (χ2n) is 13.0. The number of pyridine rings is 2. The van der Waals surface area contributed by atoms with Crippen molar-refractivity contribution in [2.45, 2.75) is 62.4 Å². The van der Waals surface area contributed by atoms with E-state index in [1.165, 1.54) is 95.5 Å². The van der Waals surface area contributed by atoms with E-state index in [-0.39, 0.29) is 0 Å². The average molecular weight is 545 g/mol. The van der Waals surface area contributed by atoms with Crippen LogP contribution in [0.15, 0.2) is 36.8 Å². The largest absolute Gasteiger partial charge is 0.368 e. The highest BCUT2D eigenvalue weighted by Gasteiger charge is 2.50. The molecule has 39 heavy (non-hydrogen) atoms. The van der Waals surface area contributed by atoms with Crippen LogP contribution in [0.25, 0.3) is 0 Å². The van der Waals surface area contributed by atoms with Crippen molar-refractivity contribution in [3.63, 3.8) is 0 Å². The third kappa shape index (κ3) is 4.81. The van der Waals surface area contributed by atoms with Crippen LogP contribution in [0.2, 0.25) is 5.15 Å². The average Bonchev–Trinajstić information content (AvgIpc) is 3.60. The Morgan fingerprint density at radius 3 is 1.85 bits per heavy atom. The fourth-order valence-electron chi connectivity index (χ4n) is 8.79. The molecule has 10 heterocycles. The Bertz CT molecular complexity index is 1210. The molecule has 0 aliphatic carbocycles. The topological polar surface area (TPSA) is 38.7 Å². The molecular formula is C32H41ClN6. The van der Waals surface area contributed by atoms with E-state index in [9.17, 15) is 0 Å². The molecule has 2 aromatic rings. The molecule has 8 fully saturated rings. The first kappa shape index (κ1) is 25.6. The third-order valence-electron chi connectivity index (χ3n) is 10.9. The van der Waals surface area contributed by atoms with Gasteiger partial charge in [0, 0.05) is 49.0 Å². The van der Waals surface area contributed by atoms with Crippen molar-refractivity contribution in [3.8, 4) is 12.3 Å². The van der Waals surface area contributed by atoms with Crippen LogP contribution in [0.4, 0.5) is 11.4 Å². The van der Waals surface area contributed by atoms with Crippen molar-refractivity contribution in [2.24, 2.45) is 11.8 Å². The minimum absolute atomic E-state index is 0.438. The van der Waals surface area contributed by atoms with E-state index in [2.05, 4.69) is 47.6 Å². The number of rotatable bonds is 2. The number of anilines is 2. The molecule has 2 aromatic heterocycles. The van der Waals surface area contributed by atoms with Crippen molar-refractivity contribution < 1.29 is 0 Å². The summed E-state index contributed by atoms with van der Waals surface area (Å²) in [4.78, 5) is 19.0. The Morgan fingerprint density at radius 2 is 1.36 bits per heavy atom. The lowest BCUT2D eigenvalue weighted by Gasteiger charge is -2.52. The Morgan fingerprint density at radius 1 is 0.769 bits per heavy atom. The molecule has 206 valence electrons. The second-order valence-corrected chi connectivity index (χ2v) is 13.4. The molecule has 2 atom stereocenters. The van der Waals surface area contributed by atoms with Gasteiger partial charge in [-0.15, -0.1) is 6.42 Å². The second kappa shape index (κ2) is 10.3. The SMILES string of the molecule is C#Cc1cncc(N2CCC3(CC4CCN3CC4)C2)c1.Clc1ccc(N2CCC3(CC4CCN3CC4)C2)cn1. The van der Waals surface area contributed by atoms with Crippen LogP contribution in [0, 0.1) is 24.2 Å². The number of halogens is 1. The number of terminal acetylenes is 1. The monoisotopic (exact) mass is 544 g/mol. The van der Waals surface area contributed by atoms with E-state index in [1.807, 2.05) is 18.5 Å². The van der Waals surface area contributed by atoms with Gasteiger partial charge in [0.1, 0.15) is 5.15 Å². The smallest absolute Gasteiger partial charge is 0.129 e. The number of hydrogen-bond donors (Lipinski definition) is 0. The Balaban J connectivity index is 0.000000130. The van der Waals surface area contributed by atoms with Crippen molar-refractivity contribution in [1.82, 2.24) is 19.8 Å². The first-order valence-electron chi connectivity index (χ1n) is 15.1. The maximum atomic E-state index is 5.87. The lowest BCUT2D eigenvalue weighted by atomic mass is 9.74. The van der Waals surface area contributed by atoms with Crippen LogP contribution in [-0.2, 0) is 0 Å². The van der Waals surface area contributed by atoms with Crippen LogP contribution >= 0.6 is 11.6 Å². The first-order chi connectivity index (χ1) is 19.0. The molecule has 7 heteroatoms. The maximum absolute atomic E-state index is 5.87. The van der Waals surface area contributed by atoms with E-state index in [1.54, 1.807) is 6.20 Å². The summed E-state index contributed by atoms with van der Waals surface area (Å²) in [7, 11) is 0. The zero-order valence-corrected chi connectivity index (χ0v) is 23.8. The van der Waals surface area contributed by atoms with Crippen molar-refractivity contribution in [3.05, 3.63) is 47.5 Å². The Kier molecular flexibility index (Phi) is 6.74. The number of piperidine rings is 6. The summed E-state index contributed by atoms with van der Waals surface area (Å²) in [5.41, 5.74) is 4.20. The van der Waals surface area contributed by atoms with E-state index in [0.717, 1.165) is 37.0 Å². The summed E-state index contributed by atoms with van der Waals surface area (Å²) < 4.78 is 0. The summed E-state index contributed by atoms with van der Waals surface area (Å²) in [6, 6.07) is 6.10. The number of aromatic nitrogens is 2. The molecule has 8 aliphatic heterocycles. The molecule has 8 aliphatic rings. The lowest BCUT2D eigenvalue weighted by Crippen LogP contribution is -2.59. The maximum Gasteiger partial charge on any atom is 0.129 e. The number of fused-ring (bicyclic) bond motifs is 4. The zero-order valence-electron chi connectivity index (χ0n) is 23.1. The minimum atomic E-state index is 0.438. The summed E-state index contributed by atoms with van der Waals surface area (Å²) in [6.45, 7) is 9.87. The molecule has 0 saturated carbocycles. The standard InChI is InChI=1S/C17H21N3.C15H20ClN3/c1-2-14-9-16(12-18-11-14)19-8-5-17(13-19)10-15-3-6-20(17)7-4-15;16-14-2-1-13(10-17-14)18-8-5-15(11-18)9-12-3-6-19(15)7-4-12/h1,9,11-12,15H,3-8,10,13H2;1-2,10,12H,3-9,11H2. The molecule has 0 aromatic carbocycles. The van der Waals surface area contributed by atoms with E-state index in [0.29, 0.717) is 16.2 Å². The lowest BCUT2D eigenvalue weighted by molar-refractivity contribution is -0.0157. The van der Waals surface area contributed by atoms with Gasteiger partial charge in [-0.05, 0) is 108 Å². The molecule has 4 bridgehead atoms. The van der Waals surface area contributed by atoms with Gasteiger partial charge in [-0.2, -0.15) is 0 Å². The predicted octanol–water partition coefficient (Wildman–Crippen LogP) is 4.93. The molecule has 10 rings (SSSR count). The molecule has 2 unspecified atom stereocenters. The minimum Gasteiger partial charge on any atom is -0.368 e. The number of hydrogen-bond acceptors (Lipinski definition) is 6. The molecule has 0 radical (unpaired) electrons. The van der Waals surface area contributed by atoms with Crippen LogP contribution in [-0.4, -0.2) is 83.2 Å². The molecule has 8 saturated heterocycles. The van der Waals surface area contributed by atoms with Gasteiger partial charge >= 0.3 is 0 Å². The van der Waals surface area contributed by atoms with Gasteiger partial charge in [0.15, 0.2) is 0 Å². The van der Waals surface area contributed by atoms with E-state index >= 15 is 0 Å². The van der Waals surface area contributed by atoms with Crippen molar-refractivity contribution >= 4 is 23.0 Å².